The van der Waals surface area contributed by atoms with Gasteiger partial charge in [-0.2, -0.15) is 4.52 Å². The Morgan fingerprint density at radius 2 is 2.00 bits per heavy atom. The maximum absolute atomic E-state index is 12.8. The van der Waals surface area contributed by atoms with Crippen molar-refractivity contribution in [1.29, 1.82) is 0 Å². The Morgan fingerprint density at radius 1 is 1.15 bits per heavy atom. The van der Waals surface area contributed by atoms with E-state index < -0.39 is 0 Å². The second-order valence-electron chi connectivity index (χ2n) is 9.04. The molecule has 174 valence electrons. The number of carbonyl (C=O) groups excluding carboxylic acids is 1. The van der Waals surface area contributed by atoms with Crippen molar-refractivity contribution >= 4 is 17.4 Å². The van der Waals surface area contributed by atoms with Crippen LogP contribution in [0.15, 0.2) is 42.7 Å². The van der Waals surface area contributed by atoms with E-state index in [9.17, 15) is 4.79 Å². The van der Waals surface area contributed by atoms with Gasteiger partial charge in [-0.3, -0.25) is 9.69 Å². The van der Waals surface area contributed by atoms with Crippen LogP contribution in [-0.2, 0) is 22.6 Å². The summed E-state index contributed by atoms with van der Waals surface area (Å²) in [7, 11) is 0. The fraction of sp³-hybridized carbons (Fsp3) is 0.500. The maximum Gasteiger partial charge on any atom is 0.223 e. The van der Waals surface area contributed by atoms with E-state index >= 15 is 0 Å². The van der Waals surface area contributed by atoms with Crippen molar-refractivity contribution in [3.63, 3.8) is 0 Å². The first kappa shape index (κ1) is 21.8. The molecule has 2 aliphatic rings. The molecule has 3 aromatic rings. The van der Waals surface area contributed by atoms with Crippen molar-refractivity contribution in [1.82, 2.24) is 30.0 Å². The van der Waals surface area contributed by atoms with E-state index in [0.717, 1.165) is 69.2 Å². The molecule has 0 bridgehead atoms. The summed E-state index contributed by atoms with van der Waals surface area (Å²) in [6.45, 7) is 7.95. The second-order valence-corrected chi connectivity index (χ2v) is 9.04. The van der Waals surface area contributed by atoms with Gasteiger partial charge in [0.05, 0.1) is 12.7 Å². The molecule has 2 saturated heterocycles. The highest BCUT2D eigenvalue weighted by molar-refractivity contribution is 5.79. The lowest BCUT2D eigenvalue weighted by Gasteiger charge is -2.32. The van der Waals surface area contributed by atoms with E-state index in [4.69, 9.17) is 4.74 Å². The smallest absolute Gasteiger partial charge is 0.223 e. The Balaban J connectivity index is 1.10. The molecule has 5 rings (SSSR count). The number of amides is 1. The van der Waals surface area contributed by atoms with E-state index in [0.29, 0.717) is 6.54 Å². The number of hydrogen-bond donors (Lipinski definition) is 1. The number of nitrogens with zero attached hydrogens (tertiary/aromatic N) is 6. The molecule has 9 nitrogen and oxygen atoms in total. The minimum atomic E-state index is 0.0397. The molecular weight excluding hydrogens is 418 g/mol. The number of nitrogens with one attached hydrogen (secondary N) is 1. The number of ether oxygens (including phenoxy) is 1. The van der Waals surface area contributed by atoms with E-state index in [1.165, 1.54) is 5.56 Å². The lowest BCUT2D eigenvalue weighted by atomic mass is 9.95. The van der Waals surface area contributed by atoms with Crippen LogP contribution in [0.1, 0.15) is 30.9 Å². The number of hydrogen-bond acceptors (Lipinski definition) is 7. The van der Waals surface area contributed by atoms with Crippen LogP contribution < -0.4 is 10.2 Å². The first-order chi connectivity index (χ1) is 16.1. The minimum Gasteiger partial charge on any atom is -0.376 e. The average molecular weight is 450 g/mol. The zero-order chi connectivity index (χ0) is 22.6. The van der Waals surface area contributed by atoms with Crippen LogP contribution >= 0.6 is 0 Å². The van der Waals surface area contributed by atoms with Gasteiger partial charge >= 0.3 is 0 Å². The van der Waals surface area contributed by atoms with Crippen LogP contribution in [0.25, 0.3) is 5.65 Å². The van der Waals surface area contributed by atoms with Crippen molar-refractivity contribution < 1.29 is 9.53 Å². The molecule has 33 heavy (non-hydrogen) atoms. The van der Waals surface area contributed by atoms with Crippen molar-refractivity contribution in [3.8, 4) is 0 Å². The van der Waals surface area contributed by atoms with Gasteiger partial charge in [0.2, 0.25) is 5.91 Å². The molecule has 0 aliphatic carbocycles. The van der Waals surface area contributed by atoms with Gasteiger partial charge in [0.15, 0.2) is 5.65 Å². The standard InChI is InChI=1S/C24H31N7O2/c1-18-15-29(11-12-33-18)16-20-4-2-3-19(13-20)14-25-24(32)21-7-9-30(10-8-21)23-6-5-22-27-26-17-31(22)28-23/h2-6,13,17-18,21H,7-12,14-16H2,1H3,(H,25,32). The Labute approximate surface area is 193 Å². The third kappa shape index (κ3) is 5.31. The van der Waals surface area contributed by atoms with Crippen LogP contribution in [0.3, 0.4) is 0 Å². The maximum atomic E-state index is 12.8. The molecule has 4 heterocycles. The Kier molecular flexibility index (Phi) is 6.50. The molecule has 2 fully saturated rings. The molecule has 0 saturated carbocycles. The quantitative estimate of drug-likeness (QED) is 0.615. The molecule has 1 N–H and O–H groups in total. The predicted octanol–water partition coefficient (Wildman–Crippen LogP) is 1.88. The van der Waals surface area contributed by atoms with Gasteiger partial charge in [-0.1, -0.05) is 24.3 Å². The van der Waals surface area contributed by atoms with Crippen LogP contribution in [0.5, 0.6) is 0 Å². The number of aromatic nitrogens is 4. The van der Waals surface area contributed by atoms with Crippen LogP contribution in [0.4, 0.5) is 5.82 Å². The number of fused-ring (bicyclic) bond motifs is 1. The fourth-order valence-electron chi connectivity index (χ4n) is 4.72. The largest absolute Gasteiger partial charge is 0.376 e. The van der Waals surface area contributed by atoms with Crippen molar-refractivity contribution in [2.75, 3.05) is 37.7 Å². The molecule has 2 aromatic heterocycles. The molecule has 1 atom stereocenters. The highest BCUT2D eigenvalue weighted by atomic mass is 16.5. The summed E-state index contributed by atoms with van der Waals surface area (Å²) in [6, 6.07) is 12.4. The summed E-state index contributed by atoms with van der Waals surface area (Å²) in [4.78, 5) is 17.5. The Hall–Kier alpha value is -3.04. The Morgan fingerprint density at radius 3 is 2.85 bits per heavy atom. The first-order valence-corrected chi connectivity index (χ1v) is 11.8. The van der Waals surface area contributed by atoms with Crippen molar-refractivity contribution in [2.45, 2.75) is 39.0 Å². The summed E-state index contributed by atoms with van der Waals surface area (Å²) in [6.07, 6.45) is 3.54. The first-order valence-electron chi connectivity index (χ1n) is 11.8. The van der Waals surface area contributed by atoms with Gasteiger partial charge in [0.1, 0.15) is 12.1 Å². The van der Waals surface area contributed by atoms with Crippen LogP contribution in [0, 0.1) is 5.92 Å². The second kappa shape index (κ2) is 9.84. The molecule has 0 spiro atoms. The monoisotopic (exact) mass is 449 g/mol. The molecule has 1 amide bonds. The van der Waals surface area contributed by atoms with Crippen molar-refractivity contribution in [2.24, 2.45) is 5.92 Å². The third-order valence-electron chi connectivity index (χ3n) is 6.53. The summed E-state index contributed by atoms with van der Waals surface area (Å²) in [5.41, 5.74) is 3.16. The minimum absolute atomic E-state index is 0.0397. The summed E-state index contributed by atoms with van der Waals surface area (Å²) in [5.74, 6) is 1.08. The summed E-state index contributed by atoms with van der Waals surface area (Å²) >= 11 is 0. The zero-order valence-electron chi connectivity index (χ0n) is 19.1. The SMILES string of the molecule is CC1CN(Cc2cccc(CNC(=O)C3CCN(c4ccc5nncn5n4)CC3)c2)CCO1. The number of morpholine rings is 1. The van der Waals surface area contributed by atoms with Gasteiger partial charge in [0, 0.05) is 45.2 Å². The lowest BCUT2D eigenvalue weighted by Crippen LogP contribution is -2.41. The van der Waals surface area contributed by atoms with Gasteiger partial charge in [-0.05, 0) is 43.0 Å². The highest BCUT2D eigenvalue weighted by Gasteiger charge is 2.26. The van der Waals surface area contributed by atoms with Gasteiger partial charge in [0.25, 0.3) is 0 Å². The zero-order valence-corrected chi connectivity index (χ0v) is 19.1. The molecular formula is C24H31N7O2. The van der Waals surface area contributed by atoms with Crippen LogP contribution in [-0.4, -0.2) is 69.5 Å². The topological polar surface area (TPSA) is 87.9 Å². The molecule has 1 aromatic carbocycles. The third-order valence-corrected chi connectivity index (χ3v) is 6.53. The normalized spacial score (nSPS) is 20.3. The van der Waals surface area contributed by atoms with E-state index in [2.05, 4.69) is 61.6 Å². The number of rotatable bonds is 6. The number of carbonyl (C=O) groups is 1. The highest BCUT2D eigenvalue weighted by Crippen LogP contribution is 2.22. The molecule has 9 heteroatoms. The summed E-state index contributed by atoms with van der Waals surface area (Å²) in [5, 5.41) is 15.6. The van der Waals surface area contributed by atoms with E-state index in [-0.39, 0.29) is 17.9 Å². The predicted molar refractivity (Wildman–Crippen MR) is 125 cm³/mol. The van der Waals surface area contributed by atoms with Gasteiger partial charge < -0.3 is 15.0 Å². The van der Waals surface area contributed by atoms with Crippen LogP contribution in [0.2, 0.25) is 0 Å². The van der Waals surface area contributed by atoms with Gasteiger partial charge in [-0.15, -0.1) is 15.3 Å². The van der Waals surface area contributed by atoms with E-state index in [1.54, 1.807) is 10.8 Å². The number of benzene rings is 1. The fourth-order valence-corrected chi connectivity index (χ4v) is 4.72. The molecule has 2 aliphatic heterocycles. The Bertz CT molecular complexity index is 1090. The van der Waals surface area contributed by atoms with Gasteiger partial charge in [-0.25, -0.2) is 0 Å². The lowest BCUT2D eigenvalue weighted by molar-refractivity contribution is -0.125. The summed E-state index contributed by atoms with van der Waals surface area (Å²) < 4.78 is 7.32. The van der Waals surface area contributed by atoms with Crippen molar-refractivity contribution in [3.05, 3.63) is 53.9 Å². The number of anilines is 1. The van der Waals surface area contributed by atoms with E-state index in [1.807, 2.05) is 12.1 Å². The molecule has 1 unspecified atom stereocenters. The number of piperidine rings is 1. The average Bonchev–Trinajstić information content (AvgIpc) is 3.31. The molecule has 0 radical (unpaired) electrons.